The van der Waals surface area contributed by atoms with Gasteiger partial charge in [0, 0.05) is 56.5 Å². The lowest BCUT2D eigenvalue weighted by molar-refractivity contribution is -0.302. The van der Waals surface area contributed by atoms with Gasteiger partial charge in [-0.2, -0.15) is 0 Å². The Morgan fingerprint density at radius 2 is 1.53 bits per heavy atom. The highest BCUT2D eigenvalue weighted by Crippen LogP contribution is 2.42. The molecule has 1 aromatic carbocycles. The average Bonchev–Trinajstić information content (AvgIpc) is 3.34. The van der Waals surface area contributed by atoms with Crippen LogP contribution in [-0.4, -0.2) is 133 Å². The molecule has 0 aromatic heterocycles. The molecule has 4 aliphatic rings. The number of ketones is 2. The van der Waals surface area contributed by atoms with Gasteiger partial charge in [0.2, 0.25) is 14.1 Å². The van der Waals surface area contributed by atoms with E-state index in [9.17, 15) is 19.5 Å². The molecule has 13 nitrogen and oxygen atoms in total. The number of hydrogen-bond acceptors (Lipinski definition) is 12. The maximum atomic E-state index is 15.1. The van der Waals surface area contributed by atoms with Crippen molar-refractivity contribution in [3.8, 4) is 0 Å². The molecule has 0 radical (unpaired) electrons. The van der Waals surface area contributed by atoms with Crippen molar-refractivity contribution in [3.63, 3.8) is 0 Å². The highest BCUT2D eigenvalue weighted by Gasteiger charge is 2.57. The summed E-state index contributed by atoms with van der Waals surface area (Å²) < 4.78 is 46.6. The van der Waals surface area contributed by atoms with Gasteiger partial charge in [-0.05, 0) is 138 Å². The fourth-order valence-electron chi connectivity index (χ4n) is 11.6. The van der Waals surface area contributed by atoms with E-state index in [4.69, 9.17) is 32.5 Å². The number of Topliss-reactive ketones (excluding diaryl/α,β-unsaturated/α-hetero) is 2. The van der Waals surface area contributed by atoms with E-state index in [0.29, 0.717) is 38.5 Å². The molecule has 74 heavy (non-hydrogen) atoms. The van der Waals surface area contributed by atoms with Gasteiger partial charge >= 0.3 is 5.97 Å². The Morgan fingerprint density at radius 3 is 2.15 bits per heavy atom. The second-order valence-corrected chi connectivity index (χ2v) is 33.6. The van der Waals surface area contributed by atoms with E-state index < -0.39 is 94.4 Å². The quantitative estimate of drug-likeness (QED) is 0.0916. The lowest BCUT2D eigenvalue weighted by atomic mass is 9.81. The van der Waals surface area contributed by atoms with Crippen LogP contribution in [0.25, 0.3) is 0 Å². The summed E-state index contributed by atoms with van der Waals surface area (Å²) in [7, 11) is -0.0917. The van der Waals surface area contributed by atoms with Gasteiger partial charge in [0.05, 0.1) is 30.5 Å². The zero-order chi connectivity index (χ0) is 55.1. The molecule has 1 aliphatic carbocycles. The van der Waals surface area contributed by atoms with Crippen LogP contribution in [-0.2, 0) is 51.7 Å². The molecule has 3 fully saturated rings. The third kappa shape index (κ3) is 14.9. The number of piperidine rings is 1. The van der Waals surface area contributed by atoms with Crippen molar-refractivity contribution in [2.24, 2.45) is 29.6 Å². The summed E-state index contributed by atoms with van der Waals surface area (Å²) in [5.74, 6) is -7.09. The number of halogens is 1. The summed E-state index contributed by atoms with van der Waals surface area (Å²) >= 11 is 3.75. The molecule has 2 saturated heterocycles. The van der Waals surface area contributed by atoms with Gasteiger partial charge in [0.15, 0.2) is 8.32 Å². The van der Waals surface area contributed by atoms with Crippen LogP contribution in [0.15, 0.2) is 64.7 Å². The molecule has 14 atom stereocenters. The molecule has 1 amide bonds. The van der Waals surface area contributed by atoms with E-state index in [-0.39, 0.29) is 60.7 Å². The first-order valence-corrected chi connectivity index (χ1v) is 33.9. The largest absolute Gasteiger partial charge is 0.456 e. The summed E-state index contributed by atoms with van der Waals surface area (Å²) in [4.78, 5) is 60.6. The van der Waals surface area contributed by atoms with E-state index in [1.807, 2.05) is 39.0 Å². The fourth-order valence-corrected chi connectivity index (χ4v) is 17.1. The number of fused-ring (bicyclic) bond motifs is 3. The van der Waals surface area contributed by atoms with Crippen molar-refractivity contribution in [2.75, 3.05) is 27.9 Å². The van der Waals surface area contributed by atoms with Gasteiger partial charge in [-0.25, -0.2) is 4.79 Å². The number of esters is 1. The number of carbonyl (C=O) groups excluding carboxylic acids is 4. The van der Waals surface area contributed by atoms with Crippen molar-refractivity contribution in [3.05, 3.63) is 64.7 Å². The number of rotatable bonds is 12. The first kappa shape index (κ1) is 62.2. The number of allylic oxidation sites excluding steroid dienone is 4. The Kier molecular flexibility index (Phi) is 22.1. The molecule has 1 saturated carbocycles. The number of methoxy groups -OCH3 is 3. The Hall–Kier alpha value is -2.65. The summed E-state index contributed by atoms with van der Waals surface area (Å²) in [6.07, 6.45) is 7.59. The maximum Gasteiger partial charge on any atom is 0.329 e. The zero-order valence-electron chi connectivity index (χ0n) is 47.5. The number of amides is 1. The minimum Gasteiger partial charge on any atom is -0.456 e. The third-order valence-electron chi connectivity index (χ3n) is 17.0. The highest BCUT2D eigenvalue weighted by atomic mass is 79.9. The molecule has 0 unspecified atom stereocenters. The van der Waals surface area contributed by atoms with Crippen LogP contribution >= 0.6 is 15.9 Å². The second-order valence-electron chi connectivity index (χ2n) is 24.2. The highest BCUT2D eigenvalue weighted by molar-refractivity contribution is 9.10. The predicted octanol–water partition coefficient (Wildman–Crippen LogP) is 10.6. The van der Waals surface area contributed by atoms with Crippen molar-refractivity contribution in [1.82, 2.24) is 4.90 Å². The fraction of sp³-hybridized carbons (Fsp3) is 0.724. The number of benzene rings is 1. The predicted molar refractivity (Wildman–Crippen MR) is 299 cm³/mol. The van der Waals surface area contributed by atoms with E-state index in [2.05, 4.69) is 94.6 Å². The minimum atomic E-state index is -2.58. The van der Waals surface area contributed by atoms with Gasteiger partial charge in [-0.3, -0.25) is 14.4 Å². The normalized spacial score (nSPS) is 35.0. The van der Waals surface area contributed by atoms with Crippen LogP contribution in [0.1, 0.15) is 126 Å². The number of hydrogen-bond donors (Lipinski definition) is 1. The zero-order valence-corrected chi connectivity index (χ0v) is 51.1. The molecule has 3 heterocycles. The summed E-state index contributed by atoms with van der Waals surface area (Å²) in [6, 6.07) is 7.11. The van der Waals surface area contributed by atoms with Gasteiger partial charge in [0.1, 0.15) is 24.0 Å². The second kappa shape index (κ2) is 26.3. The molecular weight excluding hydrogens is 1040 g/mol. The van der Waals surface area contributed by atoms with Crippen LogP contribution in [0.2, 0.25) is 31.2 Å². The minimum absolute atomic E-state index is 0.00427. The van der Waals surface area contributed by atoms with Gasteiger partial charge in [-0.15, -0.1) is 6.58 Å². The van der Waals surface area contributed by atoms with Crippen molar-refractivity contribution in [1.29, 1.82) is 0 Å². The number of carbonyl (C=O) groups is 4. The van der Waals surface area contributed by atoms with E-state index in [1.165, 1.54) is 10.1 Å². The topological polar surface area (TPSA) is 156 Å². The van der Waals surface area contributed by atoms with Crippen molar-refractivity contribution >= 4 is 61.2 Å². The lowest BCUT2D eigenvalue weighted by Gasteiger charge is -2.47. The Bertz CT molecular complexity index is 2180. The monoisotopic (exact) mass is 1130 g/mol. The summed E-state index contributed by atoms with van der Waals surface area (Å²) in [6.45, 7) is 29.2. The van der Waals surface area contributed by atoms with Gasteiger partial charge < -0.3 is 42.5 Å². The van der Waals surface area contributed by atoms with Crippen LogP contribution in [0.5, 0.6) is 0 Å². The number of aliphatic hydroxyl groups is 1. The van der Waals surface area contributed by atoms with Crippen molar-refractivity contribution in [2.45, 2.75) is 212 Å². The average molecular weight is 1130 g/mol. The van der Waals surface area contributed by atoms with E-state index in [1.54, 1.807) is 34.3 Å². The molecular formula is C58H92BrNO12Si2. The lowest BCUT2D eigenvalue weighted by Crippen LogP contribution is -2.64. The number of nitrogens with zero attached hydrogens (tertiary/aromatic N) is 1. The first-order valence-electron chi connectivity index (χ1n) is 27.3. The van der Waals surface area contributed by atoms with Crippen molar-refractivity contribution < 1.29 is 56.8 Å². The molecule has 3 aliphatic heterocycles. The third-order valence-corrected chi connectivity index (χ3v) is 25.2. The van der Waals surface area contributed by atoms with Crippen LogP contribution < -0.4 is 5.19 Å². The van der Waals surface area contributed by atoms with Crippen LogP contribution in [0.4, 0.5) is 0 Å². The first-order chi connectivity index (χ1) is 34.6. The Balaban J connectivity index is 1.61. The molecule has 2 bridgehead atoms. The molecule has 16 heteroatoms. The van der Waals surface area contributed by atoms with E-state index >= 15 is 4.79 Å². The number of ether oxygens (including phenoxy) is 5. The number of cyclic esters (lactones) is 1. The smallest absolute Gasteiger partial charge is 0.329 e. The maximum absolute atomic E-state index is 15.1. The van der Waals surface area contributed by atoms with Crippen LogP contribution in [0.3, 0.4) is 0 Å². The molecule has 1 N–H and O–H groups in total. The molecule has 1 aromatic rings. The van der Waals surface area contributed by atoms with Crippen LogP contribution in [0, 0.1) is 29.6 Å². The van der Waals surface area contributed by atoms with Gasteiger partial charge in [0.25, 0.3) is 11.7 Å². The van der Waals surface area contributed by atoms with Gasteiger partial charge in [-0.1, -0.05) is 99.5 Å². The molecule has 0 spiro atoms. The molecule has 5 rings (SSSR count). The molecule has 416 valence electrons. The van der Waals surface area contributed by atoms with E-state index in [0.717, 1.165) is 28.5 Å². The Labute approximate surface area is 454 Å². The summed E-state index contributed by atoms with van der Waals surface area (Å²) in [5.41, 5.74) is 1.81. The SMILES string of the molecule is C=CC[C@@H]1/C=C(\C)C[C@H](C)C[C@H](OC)[C@H]2O[C@@](O)(C(=O)C(=O)N3CCCC[C@H]3C(=O)O[C@H](/C(C)=C/[C@@H]3CC[C@@H](O[Si](C)(C)c4ccccc4Br)[C@H](OC)C3)[C@H](C)[C@@H](O[Si](C)(C)C(C)(C)C)CC1=O)[C@H](C)C[C@@H]2OC. The standard InChI is InChI=1S/C58H92BrNO12Si2/c1-17-22-42-30-36(2)29-37(3)31-49(67-11)53-50(68-12)33-39(5)58(65,70-53)54(62)55(63)60-28-21-20-24-44(60)56(64)69-52(40(6)47(35-45(42)61)72-74(15,16)57(7,8)9)38(4)32-41-26-27-46(48(34-41)66-10)71-73(13,14)51-25-19-18-23-43(51)59/h17-19,23,25,30,32,37,39-42,44,46-50,52-53,65H,1,20-22,24,26-29,31,33-35H2,2-16H3/b36-30+,38-32+/t37-,39+,40+,41-,42+,44-,46+,47-,48+,49-,50-,52+,53+,58+/m0/s1. The summed E-state index contributed by atoms with van der Waals surface area (Å²) in [5, 5.41) is 13.3. The Morgan fingerprint density at radius 1 is 0.878 bits per heavy atom.